The third-order valence-corrected chi connectivity index (χ3v) is 6.31. The van der Waals surface area contributed by atoms with Gasteiger partial charge in [0.15, 0.2) is 0 Å². The van der Waals surface area contributed by atoms with E-state index in [1.165, 1.54) is 0 Å². The highest BCUT2D eigenvalue weighted by molar-refractivity contribution is 6.39. The summed E-state index contributed by atoms with van der Waals surface area (Å²) in [5.41, 5.74) is -8.07. The predicted octanol–water partition coefficient (Wildman–Crippen LogP) is 4.64. The highest BCUT2D eigenvalue weighted by atomic mass is 16.7. The van der Waals surface area contributed by atoms with Gasteiger partial charge in [0.1, 0.15) is 24.0 Å². The van der Waals surface area contributed by atoms with E-state index in [1.807, 2.05) is 0 Å². The zero-order valence-electron chi connectivity index (χ0n) is 96.3. The van der Waals surface area contributed by atoms with Crippen molar-refractivity contribution in [2.24, 2.45) is 29.5 Å². The number of esters is 1. The van der Waals surface area contributed by atoms with E-state index >= 15 is 19.2 Å². The third kappa shape index (κ3) is 11.3. The fourth-order valence-electron chi connectivity index (χ4n) is 3.85. The summed E-state index contributed by atoms with van der Waals surface area (Å²) in [6, 6.07) is -17.8. The molecular weight excluding hydrogens is 734 g/mol. The number of cyclic esters (lactones) is 1. The van der Waals surface area contributed by atoms with Gasteiger partial charge in [-0.25, -0.2) is 4.79 Å². The molecule has 1 amide bonds. The Labute approximate surface area is 436 Å². The van der Waals surface area contributed by atoms with Crippen molar-refractivity contribution in [3.63, 3.8) is 0 Å². The van der Waals surface area contributed by atoms with Gasteiger partial charge in [0.25, 0.3) is 11.7 Å². The van der Waals surface area contributed by atoms with Crippen molar-refractivity contribution in [3.8, 4) is 0 Å². The van der Waals surface area contributed by atoms with Crippen molar-refractivity contribution >= 4 is 23.4 Å². The average molecular weight is 873 g/mol. The second-order valence-corrected chi connectivity index (χ2v) is 9.85. The number of hydrogen-bond donors (Lipinski definition) is 3. The fourth-order valence-corrected chi connectivity index (χ4v) is 3.85. The summed E-state index contributed by atoms with van der Waals surface area (Å²) in [4.78, 5) is 63.0. The first-order chi connectivity index (χ1) is 54.1. The molecule has 57 heavy (non-hydrogen) atoms. The van der Waals surface area contributed by atoms with Crippen molar-refractivity contribution in [2.75, 3.05) is 27.6 Å². The second kappa shape index (κ2) is 21.0. The molecule has 4 rings (SSSR count). The number of methoxy groups -OCH3 is 3. The van der Waals surface area contributed by atoms with Gasteiger partial charge in [0.05, 0.1) is 60.6 Å². The van der Waals surface area contributed by atoms with Crippen molar-refractivity contribution in [1.29, 1.82) is 4.29 Å². The number of hydrogen-bond acceptors (Lipinski definition) is 12. The van der Waals surface area contributed by atoms with Crippen LogP contribution in [0.3, 0.4) is 0 Å². The number of ketones is 2. The summed E-state index contributed by atoms with van der Waals surface area (Å²) in [5, 5.41) is 11.8. The number of Topliss-reactive ketones (excluding diaryl/α,β-unsaturated/α-hetero) is 2. The van der Waals surface area contributed by atoms with E-state index in [4.69, 9.17) is 70.0 Å². The highest BCUT2D eigenvalue weighted by Gasteiger charge is 2.56. The van der Waals surface area contributed by atoms with E-state index in [0.29, 0.717) is 0 Å². The number of allylic oxidation sites excluding steroid dienone is 4. The topological polar surface area (TPSA) is 178 Å². The molecule has 3 heterocycles. The summed E-state index contributed by atoms with van der Waals surface area (Å²) < 4.78 is 639. The van der Waals surface area contributed by atoms with Gasteiger partial charge in [-0.3, -0.25) is 14.4 Å². The van der Waals surface area contributed by atoms with Gasteiger partial charge < -0.3 is 43.9 Å². The number of carbonyl (C=O) groups excluding carboxylic acids is 4. The van der Waals surface area contributed by atoms with Crippen LogP contribution in [0.2, 0.25) is 0 Å². The van der Waals surface area contributed by atoms with Crippen LogP contribution in [0.5, 0.6) is 0 Å². The minimum Gasteiger partial charge on any atom is -0.456 e. The van der Waals surface area contributed by atoms with Crippen molar-refractivity contribution in [1.82, 2.24) is 4.90 Å². The molecule has 3 fully saturated rings. The van der Waals surface area contributed by atoms with Crippen molar-refractivity contribution in [2.45, 2.75) is 159 Å². The van der Waals surface area contributed by atoms with Gasteiger partial charge in [-0.05, 0) is 94.8 Å². The van der Waals surface area contributed by atoms with Gasteiger partial charge >= 0.3 is 5.97 Å². The van der Waals surface area contributed by atoms with E-state index in [0.717, 1.165) is 0 Å². The molecule has 0 aromatic heterocycles. The van der Waals surface area contributed by atoms with E-state index in [-0.39, 0.29) is 0 Å². The number of rotatable bonds is 10. The minimum atomic E-state index is -7.29. The molecule has 14 atom stereocenters. The number of aliphatic hydroxyl groups is 3. The smallest absolute Gasteiger partial charge is 0.329 e. The Morgan fingerprint density at radius 2 is 1.91 bits per heavy atom. The van der Waals surface area contributed by atoms with E-state index in [9.17, 15) is 34.3 Å². The summed E-state index contributed by atoms with van der Waals surface area (Å²) in [7, 11) is -15.6. The SMILES string of the molecule is [2H]O[C@]12O[C@]([2H])([C@@]([2H])(OC([2H])([2H])[2H])C([2H])([2H])[C@@]([2H])(C([2H])([2H])[2H])C([2H])([2H])/C(C([2H])([2H])[2H])=C(\[2H])[C@@]([2H])(C([2H])([2H])C([2H])=C([2H])[2H])C(=O)C([2H])([2H])[C@]([2H])(O[2H])[C@@]([2H])(C([2H])([2H])[2H])[C@]([2H])(C(=C([2H])[C@]3([2H])C([2H])([2H])C([2H])([2H])[C@@]([2H])(O[2H])[C@]([2H])(OC([2H])([2H])[2H])C3([2H])[2H])C([2H])([2H])[2H])OC(=O)[C@@]3([2H])N(C(=O)C1=O)C([2H])([2H])C([2H])([2H])C([2H])([2H])C3([2H])[2H])[C@@]([2H])(OC([2H])([2H])[2H])C([2H])([2H])[C@@]2([2H])C([2H])([2H])[2H]. The first kappa shape index (κ1) is 9.64. The number of ether oxygens (including phenoxy) is 5. The quantitative estimate of drug-likeness (QED) is 0.158. The molecule has 0 radical (unpaired) electrons. The number of fused-ring (bicyclic) bond motifs is 3. The summed E-state index contributed by atoms with van der Waals surface area (Å²) in [5.74, 6) is -58.1. The third-order valence-electron chi connectivity index (χ3n) is 6.31. The zero-order chi connectivity index (χ0) is 102. The van der Waals surface area contributed by atoms with Crippen molar-refractivity contribution in [3.05, 3.63) is 35.8 Å². The lowest BCUT2D eigenvalue weighted by molar-refractivity contribution is -0.302. The van der Waals surface area contributed by atoms with Gasteiger partial charge in [-0.15, -0.1) is 6.53 Å². The molecule has 3 aliphatic heterocycles. The van der Waals surface area contributed by atoms with Crippen LogP contribution in [-0.2, 0) is 42.9 Å². The average Bonchev–Trinajstić information content (AvgIpc) is 0.671. The van der Waals surface area contributed by atoms with E-state index in [2.05, 4.69) is 29.5 Å². The Hall–Kier alpha value is -2.78. The van der Waals surface area contributed by atoms with Gasteiger partial charge in [-0.2, -0.15) is 0 Å². The largest absolute Gasteiger partial charge is 0.456 e. The summed E-state index contributed by atoms with van der Waals surface area (Å²) >= 11 is 0. The van der Waals surface area contributed by atoms with E-state index < -0.39 is 280 Å². The zero-order valence-corrected chi connectivity index (χ0v) is 27.3. The monoisotopic (exact) mass is 873 g/mol. The second-order valence-electron chi connectivity index (χ2n) is 9.85. The van der Waals surface area contributed by atoms with Crippen LogP contribution in [0.25, 0.3) is 0 Å². The first-order valence-corrected chi connectivity index (χ1v) is 14.1. The Morgan fingerprint density at radius 1 is 1.09 bits per heavy atom. The maximum Gasteiger partial charge on any atom is 0.329 e. The van der Waals surface area contributed by atoms with E-state index in [1.54, 1.807) is 0 Å². The van der Waals surface area contributed by atoms with Crippen LogP contribution in [0, 0.1) is 29.5 Å². The molecule has 13 heteroatoms. The van der Waals surface area contributed by atoms with Crippen LogP contribution < -0.4 is 0 Å². The van der Waals surface area contributed by atoms with Crippen LogP contribution in [-0.4, -0.2) is 130 Å². The van der Waals surface area contributed by atoms with Gasteiger partial charge in [0, 0.05) is 112 Å². The molecule has 0 unspecified atom stereocenters. The molecule has 4 aliphatic rings. The lowest BCUT2D eigenvalue weighted by Gasteiger charge is -2.47. The minimum absolute atomic E-state index is 2.52. The molecule has 3 N–H and O–H groups in total. The first-order valence-electron chi connectivity index (χ1n) is 48.4. The molecule has 0 aromatic rings. The summed E-state index contributed by atoms with van der Waals surface area (Å²) in [6.45, 7) is -39.0. The Balaban J connectivity index is 3.13. The molecule has 0 spiro atoms. The van der Waals surface area contributed by atoms with Crippen LogP contribution in [0.4, 0.5) is 0 Å². The number of piperidine rings is 1. The molecule has 13 nitrogen and oxygen atoms in total. The Kier molecular flexibility index (Phi) is 3.54. The fraction of sp³-hybridized carbons (Fsp3) is 0.773. The summed E-state index contributed by atoms with van der Waals surface area (Å²) in [6.07, 6.45) is -113. The number of amides is 1. The Bertz CT molecular complexity index is 4410. The molecule has 1 saturated carbocycles. The van der Waals surface area contributed by atoms with Crippen LogP contribution in [0.15, 0.2) is 35.8 Å². The lowest BCUT2D eigenvalue weighted by Crippen LogP contribution is -2.64. The maximum absolute atomic E-state index is 16.5. The molecular formula is C44H69NO12. The Morgan fingerprint density at radius 3 is 2.61 bits per heavy atom. The lowest BCUT2D eigenvalue weighted by atomic mass is 9.81. The van der Waals surface area contributed by atoms with Crippen LogP contribution in [0.1, 0.15) is 195 Å². The van der Waals surface area contributed by atoms with Crippen molar-refractivity contribution < 1.29 is 149 Å². The number of carbonyl (C=O) groups is 4. The molecule has 2 bridgehead atoms. The maximum atomic E-state index is 16.5. The molecule has 2 saturated heterocycles. The van der Waals surface area contributed by atoms with Gasteiger partial charge in [0.2, 0.25) is 10.1 Å². The molecule has 1 aliphatic carbocycles. The predicted molar refractivity (Wildman–Crippen MR) is 213 cm³/mol. The van der Waals surface area contributed by atoms with Crippen LogP contribution >= 0.6 is 0 Å². The standard InChI is InChI=1S/C44H69NO12/c1-10-13-31-19-25(2)18-26(3)20-37(54-8)40-38(55-9)22-28(5)44(52,57-40)41(49)42(50)45-17-12-11-14-32(45)43(51)56-39(29(6)34(47)24-35(31)48)27(4)21-30-15-16-33(46)36(23-30)53-7/h10,19,21,26,28-34,36-40,46-47,52H,1,11-18,20,22-24H2,2-9H3/b25-19+,27-21?/t26-,28+,29+,30-,31+,32-,33+,34-,36+,37-,38-,39-,40+,44+/m0/s1/i1D2,2D3,3D3,4D3,5D3,6D3,7D3,8D3,9D3,10D,11D2,12D2,13D2,14D2,15D2,16D2,17D2,18D2,19D,20D2,21D,22D2,23D2,24D2,26D,28D,29D,30D,31D,32D,33D,34D,36D,37D,38D,39D,40D,46D,47D,52D. The molecule has 322 valence electrons. The highest BCUT2D eigenvalue weighted by Crippen LogP contribution is 2.39. The number of nitrogens with zero attached hydrogens (tertiary/aromatic N) is 1. The molecule has 0 aromatic carbocycles. The van der Waals surface area contributed by atoms with Gasteiger partial charge in [-0.1, -0.05) is 44.3 Å². The normalized spacial score (nSPS) is 87.8.